The number of halogens is 3. The lowest BCUT2D eigenvalue weighted by Gasteiger charge is -2.11. The van der Waals surface area contributed by atoms with Gasteiger partial charge in [0.1, 0.15) is 0 Å². The van der Waals surface area contributed by atoms with Crippen LogP contribution in [0.4, 0.5) is 5.69 Å². The molecule has 0 aliphatic rings. The standard InChI is InChI=1S/C14H11Cl3N2O/c15-11-5-6-12(16)13(17)10(11)7-19-9-3-1-8(2-4-9)14(18)20/h1-6,19H,7H2,(H2,18,20). The van der Waals surface area contributed by atoms with Crippen LogP contribution in [-0.4, -0.2) is 5.91 Å². The van der Waals surface area contributed by atoms with Crippen molar-refractivity contribution in [1.29, 1.82) is 0 Å². The van der Waals surface area contributed by atoms with Gasteiger partial charge in [0.15, 0.2) is 0 Å². The molecule has 0 aliphatic carbocycles. The van der Waals surface area contributed by atoms with Crippen LogP contribution < -0.4 is 11.1 Å². The third-order valence-electron chi connectivity index (χ3n) is 2.78. The van der Waals surface area contributed by atoms with Gasteiger partial charge in [0.25, 0.3) is 0 Å². The SMILES string of the molecule is NC(=O)c1ccc(NCc2c(Cl)ccc(Cl)c2Cl)cc1. The lowest BCUT2D eigenvalue weighted by atomic mass is 10.2. The molecule has 6 heteroatoms. The van der Waals surface area contributed by atoms with E-state index in [9.17, 15) is 4.79 Å². The summed E-state index contributed by atoms with van der Waals surface area (Å²) in [7, 11) is 0. The Morgan fingerprint density at radius 2 is 1.60 bits per heavy atom. The summed E-state index contributed by atoms with van der Waals surface area (Å²) in [4.78, 5) is 11.0. The predicted octanol–water partition coefficient (Wildman–Crippen LogP) is 4.36. The zero-order valence-electron chi connectivity index (χ0n) is 10.3. The van der Waals surface area contributed by atoms with E-state index in [4.69, 9.17) is 40.5 Å². The summed E-state index contributed by atoms with van der Waals surface area (Å²) < 4.78 is 0. The molecule has 0 fully saturated rings. The summed E-state index contributed by atoms with van der Waals surface area (Å²) in [5.74, 6) is -0.461. The molecular weight excluding hydrogens is 319 g/mol. The van der Waals surface area contributed by atoms with Crippen LogP contribution in [-0.2, 0) is 6.54 Å². The number of carbonyl (C=O) groups excluding carboxylic acids is 1. The van der Waals surface area contributed by atoms with Crippen molar-refractivity contribution in [2.45, 2.75) is 6.54 Å². The summed E-state index contributed by atoms with van der Waals surface area (Å²) in [6.07, 6.45) is 0. The van der Waals surface area contributed by atoms with Crippen molar-refractivity contribution in [2.24, 2.45) is 5.73 Å². The van der Waals surface area contributed by atoms with E-state index < -0.39 is 5.91 Å². The van der Waals surface area contributed by atoms with Crippen LogP contribution in [0, 0.1) is 0 Å². The Hall–Kier alpha value is -1.42. The van der Waals surface area contributed by atoms with E-state index in [0.717, 1.165) is 11.3 Å². The Morgan fingerprint density at radius 1 is 1.00 bits per heavy atom. The van der Waals surface area contributed by atoms with Crippen LogP contribution in [0.15, 0.2) is 36.4 Å². The number of rotatable bonds is 4. The Bertz CT molecular complexity index is 642. The van der Waals surface area contributed by atoms with Crippen molar-refractivity contribution in [2.75, 3.05) is 5.32 Å². The van der Waals surface area contributed by atoms with Crippen LogP contribution in [0.1, 0.15) is 15.9 Å². The van der Waals surface area contributed by atoms with Crippen molar-refractivity contribution in [1.82, 2.24) is 0 Å². The second-order valence-electron chi connectivity index (χ2n) is 4.12. The summed E-state index contributed by atoms with van der Waals surface area (Å²) in [6.45, 7) is 0.425. The second kappa shape index (κ2) is 6.35. The smallest absolute Gasteiger partial charge is 0.248 e. The molecule has 0 unspecified atom stereocenters. The number of nitrogens with two attached hydrogens (primary N) is 1. The van der Waals surface area contributed by atoms with Gasteiger partial charge in [-0.05, 0) is 36.4 Å². The van der Waals surface area contributed by atoms with Crippen LogP contribution in [0.5, 0.6) is 0 Å². The molecule has 0 saturated heterocycles. The first kappa shape index (κ1) is 15.0. The maximum absolute atomic E-state index is 11.0. The van der Waals surface area contributed by atoms with Crippen LogP contribution >= 0.6 is 34.8 Å². The summed E-state index contributed by atoms with van der Waals surface area (Å²) in [5.41, 5.74) is 7.17. The van der Waals surface area contributed by atoms with Gasteiger partial charge in [-0.1, -0.05) is 34.8 Å². The molecule has 1 amide bonds. The number of benzene rings is 2. The summed E-state index contributed by atoms with van der Waals surface area (Å²) in [5, 5.41) is 4.59. The average molecular weight is 330 g/mol. The largest absolute Gasteiger partial charge is 0.381 e. The molecule has 104 valence electrons. The Labute approximate surface area is 131 Å². The van der Waals surface area contributed by atoms with E-state index in [1.807, 2.05) is 0 Å². The van der Waals surface area contributed by atoms with Gasteiger partial charge in [0.2, 0.25) is 5.91 Å². The predicted molar refractivity (Wildman–Crippen MR) is 83.8 cm³/mol. The minimum Gasteiger partial charge on any atom is -0.381 e. The lowest BCUT2D eigenvalue weighted by Crippen LogP contribution is -2.10. The molecule has 2 aromatic rings. The molecule has 20 heavy (non-hydrogen) atoms. The maximum Gasteiger partial charge on any atom is 0.248 e. The molecule has 2 aromatic carbocycles. The fourth-order valence-corrected chi connectivity index (χ4v) is 2.36. The Kier molecular flexibility index (Phi) is 4.76. The summed E-state index contributed by atoms with van der Waals surface area (Å²) >= 11 is 18.2. The first-order valence-electron chi connectivity index (χ1n) is 5.75. The monoisotopic (exact) mass is 328 g/mol. The summed E-state index contributed by atoms with van der Waals surface area (Å²) in [6, 6.07) is 10.1. The zero-order chi connectivity index (χ0) is 14.7. The molecular formula is C14H11Cl3N2O. The van der Waals surface area contributed by atoms with Crippen LogP contribution in [0.3, 0.4) is 0 Å². The number of hydrogen-bond acceptors (Lipinski definition) is 2. The second-order valence-corrected chi connectivity index (χ2v) is 5.31. The zero-order valence-corrected chi connectivity index (χ0v) is 12.6. The lowest BCUT2D eigenvalue weighted by molar-refractivity contribution is 0.100. The average Bonchev–Trinajstić information content (AvgIpc) is 2.43. The number of nitrogens with one attached hydrogen (secondary N) is 1. The number of amides is 1. The quantitative estimate of drug-likeness (QED) is 0.819. The molecule has 0 bridgehead atoms. The molecule has 0 radical (unpaired) electrons. The third kappa shape index (κ3) is 3.37. The molecule has 0 aliphatic heterocycles. The normalized spacial score (nSPS) is 10.3. The minimum atomic E-state index is -0.461. The van der Waals surface area contributed by atoms with Gasteiger partial charge in [-0.25, -0.2) is 0 Å². The van der Waals surface area contributed by atoms with Crippen molar-refractivity contribution >= 4 is 46.4 Å². The van der Waals surface area contributed by atoms with Gasteiger partial charge < -0.3 is 11.1 Å². The molecule has 0 saturated carbocycles. The van der Waals surface area contributed by atoms with Crippen molar-refractivity contribution < 1.29 is 4.79 Å². The molecule has 0 atom stereocenters. The minimum absolute atomic E-state index is 0.425. The molecule has 0 aromatic heterocycles. The number of primary amides is 1. The van der Waals surface area contributed by atoms with Gasteiger partial charge in [0, 0.05) is 28.4 Å². The van der Waals surface area contributed by atoms with E-state index in [-0.39, 0.29) is 0 Å². The van der Waals surface area contributed by atoms with E-state index >= 15 is 0 Å². The van der Waals surface area contributed by atoms with Crippen molar-refractivity contribution in [3.05, 3.63) is 62.6 Å². The van der Waals surface area contributed by atoms with Gasteiger partial charge in [0.05, 0.1) is 10.0 Å². The fraction of sp³-hybridized carbons (Fsp3) is 0.0714. The number of anilines is 1. The highest BCUT2D eigenvalue weighted by Crippen LogP contribution is 2.31. The Morgan fingerprint density at radius 3 is 2.20 bits per heavy atom. The molecule has 0 spiro atoms. The van der Waals surface area contributed by atoms with E-state index in [0.29, 0.717) is 27.2 Å². The maximum atomic E-state index is 11.0. The highest BCUT2D eigenvalue weighted by Gasteiger charge is 2.09. The van der Waals surface area contributed by atoms with Gasteiger partial charge >= 0.3 is 0 Å². The molecule has 0 heterocycles. The molecule has 2 rings (SSSR count). The topological polar surface area (TPSA) is 55.1 Å². The number of carbonyl (C=O) groups is 1. The fourth-order valence-electron chi connectivity index (χ4n) is 1.67. The molecule has 3 nitrogen and oxygen atoms in total. The van der Waals surface area contributed by atoms with E-state index in [1.54, 1.807) is 36.4 Å². The van der Waals surface area contributed by atoms with E-state index in [1.165, 1.54) is 0 Å². The van der Waals surface area contributed by atoms with Crippen LogP contribution in [0.25, 0.3) is 0 Å². The highest BCUT2D eigenvalue weighted by atomic mass is 35.5. The first-order valence-corrected chi connectivity index (χ1v) is 6.88. The van der Waals surface area contributed by atoms with Gasteiger partial charge in [-0.2, -0.15) is 0 Å². The van der Waals surface area contributed by atoms with Crippen molar-refractivity contribution in [3.8, 4) is 0 Å². The van der Waals surface area contributed by atoms with Crippen LogP contribution in [0.2, 0.25) is 15.1 Å². The van der Waals surface area contributed by atoms with Crippen molar-refractivity contribution in [3.63, 3.8) is 0 Å². The third-order valence-corrected chi connectivity index (χ3v) is 3.98. The number of hydrogen-bond donors (Lipinski definition) is 2. The first-order chi connectivity index (χ1) is 9.49. The van der Waals surface area contributed by atoms with Gasteiger partial charge in [-0.15, -0.1) is 0 Å². The highest BCUT2D eigenvalue weighted by molar-refractivity contribution is 6.44. The van der Waals surface area contributed by atoms with Gasteiger partial charge in [-0.3, -0.25) is 4.79 Å². The Balaban J connectivity index is 2.13. The van der Waals surface area contributed by atoms with E-state index in [2.05, 4.69) is 5.32 Å². The molecule has 3 N–H and O–H groups in total.